The highest BCUT2D eigenvalue weighted by molar-refractivity contribution is 6.03. The molecule has 0 unspecified atom stereocenters. The van der Waals surface area contributed by atoms with Crippen LogP contribution in [0.1, 0.15) is 46.8 Å². The van der Waals surface area contributed by atoms with Crippen molar-refractivity contribution in [1.29, 1.82) is 5.26 Å². The van der Waals surface area contributed by atoms with Crippen LogP contribution in [0.15, 0.2) is 42.5 Å². The molecular weight excluding hydrogens is 316 g/mol. The molecule has 1 aromatic heterocycles. The van der Waals surface area contributed by atoms with Crippen molar-refractivity contribution in [3.8, 4) is 6.07 Å². The van der Waals surface area contributed by atoms with Gasteiger partial charge in [0.2, 0.25) is 0 Å². The number of aromatic nitrogens is 1. The van der Waals surface area contributed by atoms with Gasteiger partial charge < -0.3 is 10.6 Å². The van der Waals surface area contributed by atoms with Gasteiger partial charge in [0, 0.05) is 12.2 Å². The summed E-state index contributed by atoms with van der Waals surface area (Å²) in [4.78, 5) is 28.5. The van der Waals surface area contributed by atoms with Crippen LogP contribution in [0.4, 0.5) is 5.69 Å². The minimum atomic E-state index is -0.438. The van der Waals surface area contributed by atoms with Gasteiger partial charge in [-0.25, -0.2) is 4.98 Å². The Morgan fingerprint density at radius 3 is 2.48 bits per heavy atom. The van der Waals surface area contributed by atoms with E-state index in [1.165, 1.54) is 6.07 Å². The van der Waals surface area contributed by atoms with Crippen LogP contribution in [0.5, 0.6) is 0 Å². The Morgan fingerprint density at radius 1 is 1.12 bits per heavy atom. The van der Waals surface area contributed by atoms with Crippen LogP contribution in [0, 0.1) is 17.2 Å². The molecular formula is C19H20N4O2. The van der Waals surface area contributed by atoms with Crippen molar-refractivity contribution in [2.24, 2.45) is 5.92 Å². The van der Waals surface area contributed by atoms with Gasteiger partial charge in [-0.2, -0.15) is 5.26 Å². The van der Waals surface area contributed by atoms with Gasteiger partial charge in [-0.05, 0) is 42.7 Å². The first-order chi connectivity index (χ1) is 12.0. The first-order valence-electron chi connectivity index (χ1n) is 8.06. The van der Waals surface area contributed by atoms with Crippen LogP contribution in [0.2, 0.25) is 0 Å². The normalized spacial score (nSPS) is 10.2. The maximum atomic E-state index is 12.3. The van der Waals surface area contributed by atoms with Gasteiger partial charge in [-0.3, -0.25) is 9.59 Å². The fourth-order valence-corrected chi connectivity index (χ4v) is 2.11. The lowest BCUT2D eigenvalue weighted by Gasteiger charge is -2.08. The Morgan fingerprint density at radius 2 is 1.80 bits per heavy atom. The second-order valence-corrected chi connectivity index (χ2v) is 5.99. The zero-order chi connectivity index (χ0) is 18.2. The first kappa shape index (κ1) is 18.1. The Bertz CT molecular complexity index is 809. The van der Waals surface area contributed by atoms with E-state index in [1.54, 1.807) is 36.4 Å². The lowest BCUT2D eigenvalue weighted by Crippen LogP contribution is -2.27. The summed E-state index contributed by atoms with van der Waals surface area (Å²) < 4.78 is 0. The van der Waals surface area contributed by atoms with Crippen LogP contribution in [0.3, 0.4) is 0 Å². The van der Waals surface area contributed by atoms with Gasteiger partial charge in [0.15, 0.2) is 0 Å². The summed E-state index contributed by atoms with van der Waals surface area (Å²) in [5.74, 6) is -0.247. The molecule has 0 atom stereocenters. The Labute approximate surface area is 146 Å². The van der Waals surface area contributed by atoms with E-state index < -0.39 is 5.91 Å². The first-order valence-corrected chi connectivity index (χ1v) is 8.06. The van der Waals surface area contributed by atoms with E-state index in [1.807, 2.05) is 6.07 Å². The van der Waals surface area contributed by atoms with E-state index in [9.17, 15) is 9.59 Å². The van der Waals surface area contributed by atoms with Crippen LogP contribution >= 0.6 is 0 Å². The van der Waals surface area contributed by atoms with Crippen LogP contribution in [-0.2, 0) is 0 Å². The standard InChI is InChI=1S/C19H20N4O2/c1-13(2)9-10-21-18(24)16-7-4-8-17(23-16)19(25)22-15-6-3-5-14(11-15)12-20/h3-8,11,13H,9-10H2,1-2H3,(H,21,24)(H,22,25). The third kappa shape index (κ3) is 5.43. The van der Waals surface area contributed by atoms with Crippen molar-refractivity contribution >= 4 is 17.5 Å². The molecule has 0 aliphatic rings. The largest absolute Gasteiger partial charge is 0.351 e. The van der Waals surface area contributed by atoms with Crippen molar-refractivity contribution in [2.45, 2.75) is 20.3 Å². The lowest BCUT2D eigenvalue weighted by molar-refractivity contribution is 0.0947. The molecule has 6 nitrogen and oxygen atoms in total. The molecule has 1 heterocycles. The zero-order valence-corrected chi connectivity index (χ0v) is 14.2. The van der Waals surface area contributed by atoms with Gasteiger partial charge in [-0.1, -0.05) is 26.0 Å². The molecule has 0 spiro atoms. The Balaban J connectivity index is 2.05. The maximum absolute atomic E-state index is 12.3. The summed E-state index contributed by atoms with van der Waals surface area (Å²) in [7, 11) is 0. The van der Waals surface area contributed by atoms with Crippen molar-refractivity contribution in [3.63, 3.8) is 0 Å². The average molecular weight is 336 g/mol. The molecule has 0 saturated heterocycles. The van der Waals surface area contributed by atoms with Crippen molar-refractivity contribution < 1.29 is 9.59 Å². The summed E-state index contributed by atoms with van der Waals surface area (Å²) in [5.41, 5.74) is 1.28. The van der Waals surface area contributed by atoms with E-state index in [2.05, 4.69) is 29.5 Å². The second kappa shape index (κ2) is 8.60. The van der Waals surface area contributed by atoms with Crippen LogP contribution < -0.4 is 10.6 Å². The molecule has 0 aliphatic carbocycles. The van der Waals surface area contributed by atoms with Gasteiger partial charge in [0.25, 0.3) is 11.8 Å². The van der Waals surface area contributed by atoms with Crippen molar-refractivity contribution in [1.82, 2.24) is 10.3 Å². The van der Waals surface area contributed by atoms with Gasteiger partial charge >= 0.3 is 0 Å². The summed E-state index contributed by atoms with van der Waals surface area (Å²) in [6.07, 6.45) is 0.876. The Hall–Kier alpha value is -3.20. The molecule has 25 heavy (non-hydrogen) atoms. The number of nitrogens with one attached hydrogen (secondary N) is 2. The highest BCUT2D eigenvalue weighted by atomic mass is 16.2. The maximum Gasteiger partial charge on any atom is 0.274 e. The monoisotopic (exact) mass is 336 g/mol. The van der Waals surface area contributed by atoms with E-state index in [0.717, 1.165) is 6.42 Å². The third-order valence-corrected chi connectivity index (χ3v) is 3.47. The third-order valence-electron chi connectivity index (χ3n) is 3.47. The fourth-order valence-electron chi connectivity index (χ4n) is 2.11. The molecule has 2 aromatic rings. The zero-order valence-electron chi connectivity index (χ0n) is 14.2. The fraction of sp³-hybridized carbons (Fsp3) is 0.263. The molecule has 0 aliphatic heterocycles. The number of benzene rings is 1. The predicted molar refractivity (Wildman–Crippen MR) is 95.1 cm³/mol. The van der Waals surface area contributed by atoms with Gasteiger partial charge in [-0.15, -0.1) is 0 Å². The SMILES string of the molecule is CC(C)CCNC(=O)c1cccc(C(=O)Nc2cccc(C#N)c2)n1. The quantitative estimate of drug-likeness (QED) is 0.848. The number of pyridine rings is 1. The summed E-state index contributed by atoms with van der Waals surface area (Å²) >= 11 is 0. The molecule has 0 bridgehead atoms. The highest BCUT2D eigenvalue weighted by Gasteiger charge is 2.12. The van der Waals surface area contributed by atoms with Crippen LogP contribution in [-0.4, -0.2) is 23.3 Å². The average Bonchev–Trinajstić information content (AvgIpc) is 2.61. The van der Waals surface area contributed by atoms with Gasteiger partial charge in [0.05, 0.1) is 11.6 Å². The number of rotatable bonds is 6. The van der Waals surface area contributed by atoms with Crippen molar-refractivity contribution in [3.05, 3.63) is 59.4 Å². The molecule has 0 saturated carbocycles. The molecule has 0 radical (unpaired) electrons. The molecule has 2 rings (SSSR count). The molecule has 128 valence electrons. The lowest BCUT2D eigenvalue weighted by atomic mass is 10.1. The van der Waals surface area contributed by atoms with Crippen LogP contribution in [0.25, 0.3) is 0 Å². The number of anilines is 1. The number of nitriles is 1. The minimum Gasteiger partial charge on any atom is -0.351 e. The number of carbonyl (C=O) groups is 2. The van der Waals surface area contributed by atoms with E-state index in [4.69, 9.17) is 5.26 Å². The Kier molecular flexibility index (Phi) is 6.24. The second-order valence-electron chi connectivity index (χ2n) is 5.99. The summed E-state index contributed by atoms with van der Waals surface area (Å²) in [6.45, 7) is 4.73. The highest BCUT2D eigenvalue weighted by Crippen LogP contribution is 2.11. The number of hydrogen-bond acceptors (Lipinski definition) is 4. The molecule has 1 aromatic carbocycles. The van der Waals surface area contributed by atoms with E-state index >= 15 is 0 Å². The number of carbonyl (C=O) groups excluding carboxylic acids is 2. The summed E-state index contributed by atoms with van der Waals surface area (Å²) in [5, 5.41) is 14.4. The van der Waals surface area contributed by atoms with E-state index in [-0.39, 0.29) is 17.3 Å². The summed E-state index contributed by atoms with van der Waals surface area (Å²) in [6, 6.07) is 13.3. The molecule has 6 heteroatoms. The molecule has 2 N–H and O–H groups in total. The molecule has 0 fully saturated rings. The molecule has 2 amide bonds. The van der Waals surface area contributed by atoms with Gasteiger partial charge in [0.1, 0.15) is 11.4 Å². The predicted octanol–water partition coefficient (Wildman–Crippen LogP) is 2.98. The number of nitrogens with zero attached hydrogens (tertiary/aromatic N) is 2. The smallest absolute Gasteiger partial charge is 0.274 e. The van der Waals surface area contributed by atoms with Crippen molar-refractivity contribution in [2.75, 3.05) is 11.9 Å². The minimum absolute atomic E-state index is 0.138. The van der Waals surface area contributed by atoms with E-state index in [0.29, 0.717) is 23.7 Å². The topological polar surface area (TPSA) is 94.9 Å². The number of amides is 2. The number of hydrogen-bond donors (Lipinski definition) is 2.